The summed E-state index contributed by atoms with van der Waals surface area (Å²) in [4.78, 5) is 0. The van der Waals surface area contributed by atoms with Crippen LogP contribution in [0.1, 0.15) is 33.7 Å². The van der Waals surface area contributed by atoms with Gasteiger partial charge in [0.05, 0.1) is 0 Å². The van der Waals surface area contributed by atoms with Crippen molar-refractivity contribution in [3.8, 4) is 33.4 Å². The lowest BCUT2D eigenvalue weighted by Gasteiger charge is -2.24. The van der Waals surface area contributed by atoms with Crippen molar-refractivity contribution in [3.05, 3.63) is 149 Å². The van der Waals surface area contributed by atoms with Crippen LogP contribution in [0.2, 0.25) is 0 Å². The summed E-state index contributed by atoms with van der Waals surface area (Å²) < 4.78 is 0. The molecular weight excluding hydrogens is 408 g/mol. The van der Waals surface area contributed by atoms with Crippen LogP contribution in [-0.4, -0.2) is 0 Å². The number of benzene rings is 5. The first-order valence-corrected chi connectivity index (χ1v) is 12.0. The van der Waals surface area contributed by atoms with Crippen molar-refractivity contribution in [1.29, 1.82) is 0 Å². The van der Waals surface area contributed by atoms with Gasteiger partial charge in [-0.3, -0.25) is 0 Å². The molecule has 160 valence electrons. The first kappa shape index (κ1) is 19.3. The van der Waals surface area contributed by atoms with Crippen molar-refractivity contribution < 1.29 is 0 Å². The Labute approximate surface area is 200 Å². The number of allylic oxidation sites excluding steroid dienone is 1. The zero-order valence-corrected chi connectivity index (χ0v) is 18.9. The lowest BCUT2D eigenvalue weighted by molar-refractivity contribution is 1.05. The molecule has 2 aliphatic rings. The highest BCUT2D eigenvalue weighted by molar-refractivity contribution is 5.96. The molecule has 0 aliphatic heterocycles. The molecule has 5 aromatic carbocycles. The zero-order valence-electron chi connectivity index (χ0n) is 18.9. The number of rotatable bonds is 3. The molecule has 7 rings (SSSR count). The van der Waals surface area contributed by atoms with Gasteiger partial charge in [-0.2, -0.15) is 0 Å². The normalized spacial score (nSPS) is 15.1. The summed E-state index contributed by atoms with van der Waals surface area (Å²) in [7, 11) is 0. The quantitative estimate of drug-likeness (QED) is 0.262. The van der Waals surface area contributed by atoms with Gasteiger partial charge in [0.1, 0.15) is 0 Å². The summed E-state index contributed by atoms with van der Waals surface area (Å²) in [5.74, 6) is 0.243. The number of hydrogen-bond donors (Lipinski definition) is 0. The predicted octanol–water partition coefficient (Wildman–Crippen LogP) is 8.75. The molecule has 0 nitrogen and oxygen atoms in total. The Morgan fingerprint density at radius 1 is 0.529 bits per heavy atom. The third-order valence-corrected chi connectivity index (χ3v) is 7.40. The summed E-state index contributed by atoms with van der Waals surface area (Å²) in [6.07, 6.45) is 5.65. The van der Waals surface area contributed by atoms with Crippen LogP contribution in [0.4, 0.5) is 0 Å². The van der Waals surface area contributed by atoms with E-state index in [4.69, 9.17) is 0 Å². The molecule has 0 saturated heterocycles. The Morgan fingerprint density at radius 2 is 1.18 bits per heavy atom. The Kier molecular flexibility index (Phi) is 4.38. The van der Waals surface area contributed by atoms with E-state index in [0.29, 0.717) is 0 Å². The monoisotopic (exact) mass is 432 g/mol. The van der Waals surface area contributed by atoms with Gasteiger partial charge in [-0.05, 0) is 73.7 Å². The van der Waals surface area contributed by atoms with Gasteiger partial charge in [0.15, 0.2) is 0 Å². The predicted molar refractivity (Wildman–Crippen MR) is 143 cm³/mol. The standard InChI is InChI=1S/C34H24/c1-3-12-24(13-4-1)33-31-21-26-16-8-10-18-28(26)30(31)22-32(34(33)25-14-5-2-6-15-25)29-20-19-23-11-7-9-17-27(23)29/h1-20,22,29H,21H2. The van der Waals surface area contributed by atoms with Gasteiger partial charge in [-0.25, -0.2) is 0 Å². The molecule has 1 unspecified atom stereocenters. The maximum atomic E-state index is 2.49. The fourth-order valence-electron chi connectivity index (χ4n) is 5.90. The van der Waals surface area contributed by atoms with E-state index in [1.54, 1.807) is 0 Å². The van der Waals surface area contributed by atoms with Crippen LogP contribution < -0.4 is 0 Å². The van der Waals surface area contributed by atoms with Gasteiger partial charge in [0, 0.05) is 5.92 Å². The van der Waals surface area contributed by atoms with Gasteiger partial charge >= 0.3 is 0 Å². The molecule has 1 atom stereocenters. The van der Waals surface area contributed by atoms with Crippen LogP contribution in [0.3, 0.4) is 0 Å². The minimum atomic E-state index is 0.243. The maximum Gasteiger partial charge on any atom is 0.0285 e. The van der Waals surface area contributed by atoms with Crippen molar-refractivity contribution in [3.63, 3.8) is 0 Å². The molecule has 0 heteroatoms. The van der Waals surface area contributed by atoms with E-state index in [1.165, 1.54) is 61.2 Å². The molecule has 34 heavy (non-hydrogen) atoms. The van der Waals surface area contributed by atoms with Crippen LogP contribution in [0.5, 0.6) is 0 Å². The average Bonchev–Trinajstić information content (AvgIpc) is 3.50. The molecule has 0 heterocycles. The summed E-state index contributed by atoms with van der Waals surface area (Å²) in [5, 5.41) is 0. The van der Waals surface area contributed by atoms with Crippen LogP contribution in [0.15, 0.2) is 121 Å². The molecule has 5 aromatic rings. The first-order valence-electron chi connectivity index (χ1n) is 12.0. The fourth-order valence-corrected chi connectivity index (χ4v) is 5.90. The van der Waals surface area contributed by atoms with Crippen molar-refractivity contribution in [2.75, 3.05) is 0 Å². The smallest absolute Gasteiger partial charge is 0.0285 e. The Balaban J connectivity index is 1.61. The molecule has 0 amide bonds. The molecule has 0 fully saturated rings. The summed E-state index contributed by atoms with van der Waals surface area (Å²) in [5.41, 5.74) is 15.1. The lowest BCUT2D eigenvalue weighted by atomic mass is 9.79. The Bertz CT molecular complexity index is 1560. The SMILES string of the molecule is C1=CC(c2cc3c(c(-c4ccccc4)c2-c2ccccc2)Cc2ccccc2-3)c2ccccc21. The third-order valence-electron chi connectivity index (χ3n) is 7.40. The maximum absolute atomic E-state index is 2.49. The van der Waals surface area contributed by atoms with E-state index < -0.39 is 0 Å². The molecule has 0 aromatic heterocycles. The van der Waals surface area contributed by atoms with Gasteiger partial charge in [0.2, 0.25) is 0 Å². The van der Waals surface area contributed by atoms with E-state index in [2.05, 4.69) is 127 Å². The molecule has 0 bridgehead atoms. The minimum Gasteiger partial charge on any atom is -0.0720 e. The molecule has 0 spiro atoms. The van der Waals surface area contributed by atoms with Crippen LogP contribution in [0.25, 0.3) is 39.5 Å². The van der Waals surface area contributed by atoms with Crippen molar-refractivity contribution >= 4 is 6.08 Å². The largest absolute Gasteiger partial charge is 0.0720 e. The molecule has 2 aliphatic carbocycles. The van der Waals surface area contributed by atoms with Crippen LogP contribution in [-0.2, 0) is 6.42 Å². The average molecular weight is 433 g/mol. The second-order valence-corrected chi connectivity index (χ2v) is 9.27. The summed E-state index contributed by atoms with van der Waals surface area (Å²) in [6, 6.07) is 42.2. The van der Waals surface area contributed by atoms with Gasteiger partial charge in [0.25, 0.3) is 0 Å². The third kappa shape index (κ3) is 2.92. The van der Waals surface area contributed by atoms with E-state index in [1.807, 2.05) is 0 Å². The van der Waals surface area contributed by atoms with Crippen molar-refractivity contribution in [1.82, 2.24) is 0 Å². The van der Waals surface area contributed by atoms with Crippen LogP contribution in [0, 0.1) is 0 Å². The topological polar surface area (TPSA) is 0 Å². The molecule has 0 saturated carbocycles. The van der Waals surface area contributed by atoms with E-state index >= 15 is 0 Å². The molecule has 0 N–H and O–H groups in total. The van der Waals surface area contributed by atoms with Gasteiger partial charge < -0.3 is 0 Å². The Morgan fingerprint density at radius 3 is 1.97 bits per heavy atom. The van der Waals surface area contributed by atoms with E-state index in [0.717, 1.165) is 6.42 Å². The minimum absolute atomic E-state index is 0.243. The van der Waals surface area contributed by atoms with Crippen LogP contribution >= 0.6 is 0 Å². The molecular formula is C34H24. The van der Waals surface area contributed by atoms with E-state index in [-0.39, 0.29) is 5.92 Å². The summed E-state index contributed by atoms with van der Waals surface area (Å²) in [6.45, 7) is 0. The molecule has 0 radical (unpaired) electrons. The highest BCUT2D eigenvalue weighted by atomic mass is 14.3. The second kappa shape index (κ2) is 7.71. The van der Waals surface area contributed by atoms with Gasteiger partial charge in [-0.15, -0.1) is 0 Å². The van der Waals surface area contributed by atoms with Gasteiger partial charge in [-0.1, -0.05) is 121 Å². The first-order chi connectivity index (χ1) is 16.9. The number of hydrogen-bond acceptors (Lipinski definition) is 0. The highest BCUT2D eigenvalue weighted by Gasteiger charge is 2.30. The van der Waals surface area contributed by atoms with Crippen molar-refractivity contribution in [2.45, 2.75) is 12.3 Å². The van der Waals surface area contributed by atoms with E-state index in [9.17, 15) is 0 Å². The fraction of sp³-hybridized carbons (Fsp3) is 0.0588. The Hall–Kier alpha value is -4.16. The second-order valence-electron chi connectivity index (χ2n) is 9.27. The lowest BCUT2D eigenvalue weighted by Crippen LogP contribution is -2.03. The van der Waals surface area contributed by atoms with Crippen molar-refractivity contribution in [2.24, 2.45) is 0 Å². The number of fused-ring (bicyclic) bond motifs is 4. The zero-order chi connectivity index (χ0) is 22.5. The summed E-state index contributed by atoms with van der Waals surface area (Å²) >= 11 is 0. The highest BCUT2D eigenvalue weighted by Crippen LogP contribution is 2.51.